The summed E-state index contributed by atoms with van der Waals surface area (Å²) in [6, 6.07) is 10.4. The molecular weight excluding hydrogens is 212 g/mol. The summed E-state index contributed by atoms with van der Waals surface area (Å²) < 4.78 is 5.51. The predicted molar refractivity (Wildman–Crippen MR) is 67.8 cm³/mol. The number of aryl methyl sites for hydroxylation is 1. The first-order valence-corrected chi connectivity index (χ1v) is 6.06. The van der Waals surface area contributed by atoms with Crippen molar-refractivity contribution >= 4 is 5.69 Å². The van der Waals surface area contributed by atoms with E-state index in [9.17, 15) is 5.26 Å². The molecule has 3 heteroatoms. The fourth-order valence-corrected chi connectivity index (χ4v) is 2.26. The number of rotatable bonds is 4. The molecule has 90 valence electrons. The van der Waals surface area contributed by atoms with Crippen LogP contribution >= 0.6 is 0 Å². The van der Waals surface area contributed by atoms with Crippen molar-refractivity contribution in [3.8, 4) is 6.07 Å². The molecule has 1 N–H and O–H groups in total. The maximum absolute atomic E-state index is 9.31. The van der Waals surface area contributed by atoms with Crippen molar-refractivity contribution in [2.24, 2.45) is 0 Å². The summed E-state index contributed by atoms with van der Waals surface area (Å²) in [5.74, 6) is 0. The number of hydrogen-bond acceptors (Lipinski definition) is 3. The molecule has 2 rings (SSSR count). The van der Waals surface area contributed by atoms with Crippen LogP contribution in [0.4, 0.5) is 5.69 Å². The van der Waals surface area contributed by atoms with Gasteiger partial charge < -0.3 is 10.1 Å². The molecule has 1 saturated carbocycles. The van der Waals surface area contributed by atoms with Crippen LogP contribution in [0.15, 0.2) is 24.3 Å². The molecule has 0 amide bonds. The van der Waals surface area contributed by atoms with Gasteiger partial charge in [0, 0.05) is 25.1 Å². The Labute approximate surface area is 102 Å². The Morgan fingerprint density at radius 2 is 2.18 bits per heavy atom. The van der Waals surface area contributed by atoms with Crippen molar-refractivity contribution in [1.29, 1.82) is 5.26 Å². The van der Waals surface area contributed by atoms with Crippen LogP contribution in [0.2, 0.25) is 0 Å². The van der Waals surface area contributed by atoms with Gasteiger partial charge in [0.2, 0.25) is 0 Å². The van der Waals surface area contributed by atoms with E-state index in [-0.39, 0.29) is 6.10 Å². The first kappa shape index (κ1) is 11.9. The van der Waals surface area contributed by atoms with Gasteiger partial charge in [0.25, 0.3) is 0 Å². The number of anilines is 1. The second kappa shape index (κ2) is 4.77. The quantitative estimate of drug-likeness (QED) is 0.865. The molecule has 3 nitrogen and oxygen atoms in total. The monoisotopic (exact) mass is 230 g/mol. The first-order valence-electron chi connectivity index (χ1n) is 6.06. The van der Waals surface area contributed by atoms with Crippen LogP contribution in [0.1, 0.15) is 25.3 Å². The highest BCUT2D eigenvalue weighted by molar-refractivity contribution is 5.54. The summed E-state index contributed by atoms with van der Waals surface area (Å²) in [4.78, 5) is 0. The Morgan fingerprint density at radius 1 is 1.47 bits per heavy atom. The molecule has 0 radical (unpaired) electrons. The van der Waals surface area contributed by atoms with Crippen molar-refractivity contribution in [3.63, 3.8) is 0 Å². The van der Waals surface area contributed by atoms with Crippen molar-refractivity contribution < 1.29 is 4.74 Å². The van der Waals surface area contributed by atoms with Crippen LogP contribution in [0.5, 0.6) is 0 Å². The van der Waals surface area contributed by atoms with Gasteiger partial charge in [-0.1, -0.05) is 18.2 Å². The van der Waals surface area contributed by atoms with Gasteiger partial charge in [-0.2, -0.15) is 5.26 Å². The molecule has 1 aromatic carbocycles. The van der Waals surface area contributed by atoms with Crippen LogP contribution in [0.25, 0.3) is 0 Å². The minimum Gasteiger partial charge on any atom is -0.378 e. The average Bonchev–Trinajstić information content (AvgIpc) is 2.29. The van der Waals surface area contributed by atoms with Gasteiger partial charge in [-0.05, 0) is 25.5 Å². The maximum atomic E-state index is 9.31. The molecule has 0 atom stereocenters. The second-order valence-electron chi connectivity index (χ2n) is 4.62. The van der Waals surface area contributed by atoms with Crippen LogP contribution in [-0.2, 0) is 4.74 Å². The molecule has 0 aromatic heterocycles. The Balaban J connectivity index is 2.04. The van der Waals surface area contributed by atoms with E-state index < -0.39 is 5.54 Å². The molecule has 0 heterocycles. The molecule has 0 saturated heterocycles. The third kappa shape index (κ3) is 2.42. The van der Waals surface area contributed by atoms with Gasteiger partial charge in [0.1, 0.15) is 5.54 Å². The predicted octanol–water partition coefficient (Wildman–Crippen LogP) is 2.87. The number of nitriles is 1. The molecule has 0 unspecified atom stereocenters. The minimum absolute atomic E-state index is 0.233. The lowest BCUT2D eigenvalue weighted by Gasteiger charge is -2.43. The van der Waals surface area contributed by atoms with Crippen molar-refractivity contribution in [1.82, 2.24) is 0 Å². The van der Waals surface area contributed by atoms with Gasteiger partial charge in [0.15, 0.2) is 0 Å². The third-order valence-electron chi connectivity index (χ3n) is 3.29. The van der Waals surface area contributed by atoms with Crippen molar-refractivity contribution in [2.45, 2.75) is 38.3 Å². The van der Waals surface area contributed by atoms with Crippen molar-refractivity contribution in [2.75, 3.05) is 11.9 Å². The van der Waals surface area contributed by atoms with Crippen LogP contribution < -0.4 is 5.32 Å². The standard InChI is InChI=1S/C14H18N2O/c1-3-17-12-8-14(9-12,10-15)16-13-7-5-4-6-11(13)2/h4-7,12,16H,3,8-9H2,1-2H3. The number of para-hydroxylation sites is 1. The number of nitrogens with zero attached hydrogens (tertiary/aromatic N) is 1. The summed E-state index contributed by atoms with van der Waals surface area (Å²) >= 11 is 0. The Bertz CT molecular complexity index is 430. The van der Waals surface area contributed by atoms with Crippen molar-refractivity contribution in [3.05, 3.63) is 29.8 Å². The fraction of sp³-hybridized carbons (Fsp3) is 0.500. The van der Waals surface area contributed by atoms with E-state index in [1.54, 1.807) is 0 Å². The van der Waals surface area contributed by atoms with Gasteiger partial charge in [-0.3, -0.25) is 0 Å². The van der Waals surface area contributed by atoms with E-state index in [1.807, 2.05) is 38.1 Å². The van der Waals surface area contributed by atoms with E-state index in [2.05, 4.69) is 11.4 Å². The third-order valence-corrected chi connectivity index (χ3v) is 3.29. The Morgan fingerprint density at radius 3 is 2.76 bits per heavy atom. The van der Waals surface area contributed by atoms with Crippen LogP contribution in [0.3, 0.4) is 0 Å². The Kier molecular flexibility index (Phi) is 3.35. The second-order valence-corrected chi connectivity index (χ2v) is 4.62. The molecular formula is C14H18N2O. The van der Waals surface area contributed by atoms with Gasteiger partial charge >= 0.3 is 0 Å². The Hall–Kier alpha value is -1.53. The highest BCUT2D eigenvalue weighted by Crippen LogP contribution is 2.37. The molecule has 0 spiro atoms. The normalized spacial score (nSPS) is 27.0. The van der Waals surface area contributed by atoms with E-state index in [0.29, 0.717) is 0 Å². The molecule has 1 aliphatic carbocycles. The number of hydrogen-bond donors (Lipinski definition) is 1. The topological polar surface area (TPSA) is 45.0 Å². The number of benzene rings is 1. The SMILES string of the molecule is CCOC1CC(C#N)(Nc2ccccc2C)C1. The summed E-state index contributed by atoms with van der Waals surface area (Å²) in [5, 5.41) is 12.7. The highest BCUT2D eigenvalue weighted by Gasteiger charge is 2.45. The fourth-order valence-electron chi connectivity index (χ4n) is 2.26. The number of nitrogens with one attached hydrogen (secondary N) is 1. The van der Waals surface area contributed by atoms with Gasteiger partial charge in [-0.25, -0.2) is 0 Å². The number of ether oxygens (including phenoxy) is 1. The zero-order valence-electron chi connectivity index (χ0n) is 10.4. The summed E-state index contributed by atoms with van der Waals surface area (Å²) in [7, 11) is 0. The molecule has 1 aliphatic rings. The molecule has 17 heavy (non-hydrogen) atoms. The van der Waals surface area contributed by atoms with Crippen LogP contribution in [-0.4, -0.2) is 18.2 Å². The van der Waals surface area contributed by atoms with E-state index >= 15 is 0 Å². The lowest BCUT2D eigenvalue weighted by molar-refractivity contribution is -0.0141. The molecule has 1 fully saturated rings. The highest BCUT2D eigenvalue weighted by atomic mass is 16.5. The lowest BCUT2D eigenvalue weighted by Crippen LogP contribution is -2.53. The first-order chi connectivity index (χ1) is 8.19. The van der Waals surface area contributed by atoms with Gasteiger partial charge in [-0.15, -0.1) is 0 Å². The zero-order chi connectivity index (χ0) is 12.3. The summed E-state index contributed by atoms with van der Waals surface area (Å²) in [5.41, 5.74) is 1.78. The summed E-state index contributed by atoms with van der Waals surface area (Å²) in [6.45, 7) is 4.75. The molecule has 1 aromatic rings. The van der Waals surface area contributed by atoms with E-state index in [4.69, 9.17) is 4.74 Å². The minimum atomic E-state index is -0.439. The molecule has 0 aliphatic heterocycles. The zero-order valence-corrected chi connectivity index (χ0v) is 10.4. The lowest BCUT2D eigenvalue weighted by atomic mass is 9.75. The van der Waals surface area contributed by atoms with Gasteiger partial charge in [0.05, 0.1) is 12.2 Å². The van der Waals surface area contributed by atoms with E-state index in [1.165, 1.54) is 5.56 Å². The average molecular weight is 230 g/mol. The van der Waals surface area contributed by atoms with Crippen LogP contribution in [0, 0.1) is 18.3 Å². The summed E-state index contributed by atoms with van der Waals surface area (Å²) in [6.07, 6.45) is 1.77. The maximum Gasteiger partial charge on any atom is 0.130 e. The molecule has 0 bridgehead atoms. The van der Waals surface area contributed by atoms with E-state index in [0.717, 1.165) is 25.1 Å². The smallest absolute Gasteiger partial charge is 0.130 e. The largest absolute Gasteiger partial charge is 0.378 e.